The lowest BCUT2D eigenvalue weighted by molar-refractivity contribution is -0.139. The number of anilines is 1. The van der Waals surface area contributed by atoms with Crippen LogP contribution in [0.5, 0.6) is 0 Å². The van der Waals surface area contributed by atoms with Crippen molar-refractivity contribution in [2.75, 3.05) is 37.4 Å². The number of carbonyl (C=O) groups excluding carboxylic acids is 1. The lowest BCUT2D eigenvalue weighted by Crippen LogP contribution is -2.59. The molecule has 31 heavy (non-hydrogen) atoms. The summed E-state index contributed by atoms with van der Waals surface area (Å²) in [6.07, 6.45) is 6.42. The van der Waals surface area contributed by atoms with Crippen molar-refractivity contribution in [3.8, 4) is 0 Å². The maximum atomic E-state index is 12.8. The van der Waals surface area contributed by atoms with E-state index in [1.54, 1.807) is 0 Å². The Labute approximate surface area is 190 Å². The Morgan fingerprint density at radius 3 is 2.48 bits per heavy atom. The Kier molecular flexibility index (Phi) is 7.10. The van der Waals surface area contributed by atoms with Gasteiger partial charge in [0.25, 0.3) is 0 Å². The van der Waals surface area contributed by atoms with Crippen LogP contribution in [0, 0.1) is 5.92 Å². The highest BCUT2D eigenvalue weighted by Crippen LogP contribution is 2.34. The maximum absolute atomic E-state index is 12.8. The Bertz CT molecular complexity index is 884. The van der Waals surface area contributed by atoms with E-state index in [1.165, 1.54) is 6.26 Å². The van der Waals surface area contributed by atoms with E-state index in [2.05, 4.69) is 9.62 Å². The smallest absolute Gasteiger partial charge is 0.226 e. The summed E-state index contributed by atoms with van der Waals surface area (Å²) in [5.74, 6) is 0.264. The molecule has 2 heterocycles. The first kappa shape index (κ1) is 22.8. The molecule has 4 rings (SSSR count). The van der Waals surface area contributed by atoms with Crippen LogP contribution in [0.4, 0.5) is 5.69 Å². The minimum Gasteiger partial charge on any atom is -0.376 e. The molecule has 1 N–H and O–H groups in total. The monoisotopic (exact) mass is 469 g/mol. The fourth-order valence-electron chi connectivity index (χ4n) is 4.72. The number of benzene rings is 1. The number of hydrogen-bond acceptors (Lipinski definition) is 5. The summed E-state index contributed by atoms with van der Waals surface area (Å²) in [5.41, 5.74) is 1.05. The summed E-state index contributed by atoms with van der Waals surface area (Å²) in [5, 5.41) is 0.757. The molecular formula is C22H32ClN3O4S. The molecule has 0 aromatic heterocycles. The van der Waals surface area contributed by atoms with Gasteiger partial charge < -0.3 is 14.5 Å². The Hall–Kier alpha value is -1.35. The van der Waals surface area contributed by atoms with Crippen molar-refractivity contribution < 1.29 is 17.9 Å². The molecule has 0 bridgehead atoms. The minimum absolute atomic E-state index is 0.0948. The number of amides is 1. The fraction of sp³-hybridized carbons (Fsp3) is 0.682. The summed E-state index contributed by atoms with van der Waals surface area (Å²) >= 11 is 6.34. The number of ether oxygens (including phenoxy) is 1. The number of sulfonamides is 1. The van der Waals surface area contributed by atoms with E-state index < -0.39 is 10.0 Å². The number of carbonyl (C=O) groups is 1. The van der Waals surface area contributed by atoms with Gasteiger partial charge in [0, 0.05) is 31.6 Å². The summed E-state index contributed by atoms with van der Waals surface area (Å²) < 4.78 is 32.8. The third-order valence-corrected chi connectivity index (χ3v) is 7.54. The molecule has 7 nitrogen and oxygen atoms in total. The molecule has 0 spiro atoms. The van der Waals surface area contributed by atoms with Gasteiger partial charge in [-0.1, -0.05) is 23.7 Å². The van der Waals surface area contributed by atoms with Gasteiger partial charge in [-0.25, -0.2) is 13.1 Å². The highest BCUT2D eigenvalue weighted by Gasteiger charge is 2.41. The Morgan fingerprint density at radius 1 is 1.13 bits per heavy atom. The molecule has 1 aromatic carbocycles. The number of para-hydroxylation sites is 1. The number of nitrogens with zero attached hydrogens (tertiary/aromatic N) is 2. The van der Waals surface area contributed by atoms with E-state index >= 15 is 0 Å². The van der Waals surface area contributed by atoms with Gasteiger partial charge in [-0.2, -0.15) is 0 Å². The highest BCUT2D eigenvalue weighted by molar-refractivity contribution is 7.88. The van der Waals surface area contributed by atoms with Gasteiger partial charge in [0.05, 0.1) is 35.7 Å². The SMILES string of the molecule is CS(=O)(=O)N[C@H]1CCCN(C(=O)C2CC2)[C@H]1COC1CCN(c2ccccc2Cl)CC1. The van der Waals surface area contributed by atoms with Crippen LogP contribution in [0.15, 0.2) is 24.3 Å². The second-order valence-corrected chi connectivity index (χ2v) is 11.2. The largest absolute Gasteiger partial charge is 0.376 e. The first-order valence-corrected chi connectivity index (χ1v) is 13.5. The topological polar surface area (TPSA) is 79.0 Å². The van der Waals surface area contributed by atoms with Crippen LogP contribution in [0.3, 0.4) is 0 Å². The molecule has 2 saturated heterocycles. The first-order valence-electron chi connectivity index (χ1n) is 11.2. The summed E-state index contributed by atoms with van der Waals surface area (Å²) in [4.78, 5) is 17.0. The van der Waals surface area contributed by atoms with Crippen molar-refractivity contribution in [2.24, 2.45) is 5.92 Å². The van der Waals surface area contributed by atoms with Crippen molar-refractivity contribution in [3.05, 3.63) is 29.3 Å². The van der Waals surface area contributed by atoms with E-state index in [4.69, 9.17) is 16.3 Å². The third-order valence-electron chi connectivity index (χ3n) is 6.49. The lowest BCUT2D eigenvalue weighted by Gasteiger charge is -2.42. The van der Waals surface area contributed by atoms with E-state index in [-0.39, 0.29) is 30.0 Å². The van der Waals surface area contributed by atoms with Crippen molar-refractivity contribution in [1.82, 2.24) is 9.62 Å². The van der Waals surface area contributed by atoms with Gasteiger partial charge in [-0.05, 0) is 50.7 Å². The summed E-state index contributed by atoms with van der Waals surface area (Å²) in [6, 6.07) is 7.32. The molecule has 2 atom stereocenters. The third kappa shape index (κ3) is 5.92. The number of rotatable bonds is 7. The predicted molar refractivity (Wildman–Crippen MR) is 122 cm³/mol. The van der Waals surface area contributed by atoms with E-state index in [1.807, 2.05) is 29.2 Å². The fourth-order valence-corrected chi connectivity index (χ4v) is 5.80. The second-order valence-electron chi connectivity index (χ2n) is 8.98. The average molecular weight is 470 g/mol. The highest BCUT2D eigenvalue weighted by atomic mass is 35.5. The van der Waals surface area contributed by atoms with Crippen LogP contribution in [-0.4, -0.2) is 69.9 Å². The van der Waals surface area contributed by atoms with Gasteiger partial charge in [0.2, 0.25) is 15.9 Å². The number of nitrogens with one attached hydrogen (secondary N) is 1. The zero-order chi connectivity index (χ0) is 22.0. The molecule has 1 amide bonds. The van der Waals surface area contributed by atoms with E-state index in [9.17, 15) is 13.2 Å². The Balaban J connectivity index is 1.37. The normalized spacial score (nSPS) is 25.6. The first-order chi connectivity index (χ1) is 14.8. The van der Waals surface area contributed by atoms with Crippen LogP contribution in [-0.2, 0) is 19.6 Å². The summed E-state index contributed by atoms with van der Waals surface area (Å²) in [6.45, 7) is 2.75. The molecule has 2 aliphatic heterocycles. The molecular weight excluding hydrogens is 438 g/mol. The number of piperidine rings is 2. The lowest BCUT2D eigenvalue weighted by atomic mass is 9.96. The molecule has 3 aliphatic rings. The molecule has 0 radical (unpaired) electrons. The number of hydrogen-bond donors (Lipinski definition) is 1. The minimum atomic E-state index is -3.36. The molecule has 1 aromatic rings. The van der Waals surface area contributed by atoms with Crippen molar-refractivity contribution >= 4 is 33.2 Å². The quantitative estimate of drug-likeness (QED) is 0.664. The van der Waals surface area contributed by atoms with Gasteiger partial charge >= 0.3 is 0 Å². The molecule has 3 fully saturated rings. The van der Waals surface area contributed by atoms with Crippen LogP contribution >= 0.6 is 11.6 Å². The molecule has 172 valence electrons. The van der Waals surface area contributed by atoms with E-state index in [0.29, 0.717) is 13.2 Å². The van der Waals surface area contributed by atoms with Gasteiger partial charge in [0.15, 0.2) is 0 Å². The van der Waals surface area contributed by atoms with Crippen molar-refractivity contribution in [3.63, 3.8) is 0 Å². The zero-order valence-corrected chi connectivity index (χ0v) is 19.6. The standard InChI is InChI=1S/C22H32ClN3O4S/c1-31(28,29)24-19-6-4-12-26(22(27)16-8-9-16)21(19)15-30-17-10-13-25(14-11-17)20-7-3-2-5-18(20)23/h2-3,5,7,16-17,19,21,24H,4,6,8-15H2,1H3/t19-,21-/m0/s1. The number of likely N-dealkylation sites (tertiary alicyclic amines) is 1. The van der Waals surface area contributed by atoms with Gasteiger partial charge in [0.1, 0.15) is 0 Å². The number of halogens is 1. The van der Waals surface area contributed by atoms with Crippen LogP contribution in [0.2, 0.25) is 5.02 Å². The maximum Gasteiger partial charge on any atom is 0.226 e. The Morgan fingerprint density at radius 2 is 1.84 bits per heavy atom. The molecule has 1 aliphatic carbocycles. The average Bonchev–Trinajstić information content (AvgIpc) is 3.57. The molecule has 0 unspecified atom stereocenters. The van der Waals surface area contributed by atoms with Crippen LogP contribution in [0.25, 0.3) is 0 Å². The summed E-state index contributed by atoms with van der Waals surface area (Å²) in [7, 11) is -3.36. The van der Waals surface area contributed by atoms with Crippen molar-refractivity contribution in [2.45, 2.75) is 56.7 Å². The molecule has 9 heteroatoms. The van der Waals surface area contributed by atoms with Crippen molar-refractivity contribution in [1.29, 1.82) is 0 Å². The predicted octanol–water partition coefficient (Wildman–Crippen LogP) is 2.64. The van der Waals surface area contributed by atoms with Crippen LogP contribution in [0.1, 0.15) is 38.5 Å². The van der Waals surface area contributed by atoms with Gasteiger partial charge in [-0.3, -0.25) is 4.79 Å². The second kappa shape index (κ2) is 9.65. The van der Waals surface area contributed by atoms with Gasteiger partial charge in [-0.15, -0.1) is 0 Å². The van der Waals surface area contributed by atoms with Crippen LogP contribution < -0.4 is 9.62 Å². The zero-order valence-electron chi connectivity index (χ0n) is 18.0. The van der Waals surface area contributed by atoms with E-state index in [0.717, 1.165) is 62.3 Å². The molecule has 1 saturated carbocycles.